The third kappa shape index (κ3) is 5.37. The van der Waals surface area contributed by atoms with Gasteiger partial charge in [-0.05, 0) is 62.6 Å². The van der Waals surface area contributed by atoms with Crippen LogP contribution in [0.1, 0.15) is 66.2 Å². The highest BCUT2D eigenvalue weighted by Gasteiger charge is 2.39. The van der Waals surface area contributed by atoms with Gasteiger partial charge in [-0.1, -0.05) is 24.3 Å². The van der Waals surface area contributed by atoms with Gasteiger partial charge in [-0.15, -0.1) is 0 Å². The Bertz CT molecular complexity index is 947. The average molecular weight is 435 g/mol. The van der Waals surface area contributed by atoms with Gasteiger partial charge in [-0.25, -0.2) is 9.59 Å². The summed E-state index contributed by atoms with van der Waals surface area (Å²) >= 11 is 0. The van der Waals surface area contributed by atoms with E-state index in [-0.39, 0.29) is 24.1 Å². The van der Waals surface area contributed by atoms with Crippen LogP contribution in [0.2, 0.25) is 0 Å². The lowest BCUT2D eigenvalue weighted by Gasteiger charge is -2.29. The minimum absolute atomic E-state index is 0.129. The molecule has 8 heteroatoms. The first kappa shape index (κ1) is 22.7. The van der Waals surface area contributed by atoms with E-state index >= 15 is 0 Å². The van der Waals surface area contributed by atoms with Crippen LogP contribution in [-0.4, -0.2) is 34.2 Å². The summed E-state index contributed by atoms with van der Waals surface area (Å²) in [6.45, 7) is 5.55. The summed E-state index contributed by atoms with van der Waals surface area (Å²) in [4.78, 5) is 25.5. The maximum atomic E-state index is 12.9. The van der Waals surface area contributed by atoms with Crippen molar-refractivity contribution >= 4 is 12.1 Å². The predicted molar refractivity (Wildman–Crippen MR) is 108 cm³/mol. The van der Waals surface area contributed by atoms with Crippen molar-refractivity contribution in [3.63, 3.8) is 0 Å². The van der Waals surface area contributed by atoms with Gasteiger partial charge in [-0.3, -0.25) is 0 Å². The van der Waals surface area contributed by atoms with Gasteiger partial charge in [0.1, 0.15) is 5.60 Å². The summed E-state index contributed by atoms with van der Waals surface area (Å²) in [7, 11) is 0. The van der Waals surface area contributed by atoms with Crippen LogP contribution in [0.15, 0.2) is 48.5 Å². The fraction of sp³-hybridized carbons (Fsp3) is 0.391. The molecule has 0 radical (unpaired) electrons. The number of halogens is 3. The van der Waals surface area contributed by atoms with Crippen LogP contribution in [0, 0.1) is 0 Å². The summed E-state index contributed by atoms with van der Waals surface area (Å²) in [5, 5.41) is 9.11. The molecule has 2 atom stereocenters. The van der Waals surface area contributed by atoms with Crippen LogP contribution in [0.5, 0.6) is 0 Å². The molecule has 1 fully saturated rings. The van der Waals surface area contributed by atoms with E-state index in [0.717, 1.165) is 17.7 Å². The van der Waals surface area contributed by atoms with Gasteiger partial charge in [0.2, 0.25) is 0 Å². The number of aromatic carboxylic acids is 1. The lowest BCUT2D eigenvalue weighted by molar-refractivity contribution is -0.137. The van der Waals surface area contributed by atoms with E-state index < -0.39 is 29.4 Å². The Balaban J connectivity index is 1.89. The second-order valence-electron chi connectivity index (χ2n) is 8.63. The molecule has 0 spiro atoms. The lowest BCUT2D eigenvalue weighted by Crippen LogP contribution is -2.36. The maximum Gasteiger partial charge on any atom is 0.416 e. The molecule has 1 aliphatic rings. The topological polar surface area (TPSA) is 66.8 Å². The third-order valence-electron chi connectivity index (χ3n) is 5.18. The number of carbonyl (C=O) groups excluding carboxylic acids is 1. The van der Waals surface area contributed by atoms with E-state index in [1.54, 1.807) is 37.8 Å². The molecule has 5 nitrogen and oxygen atoms in total. The van der Waals surface area contributed by atoms with Crippen LogP contribution >= 0.6 is 0 Å². The fourth-order valence-corrected chi connectivity index (χ4v) is 3.71. The molecular weight excluding hydrogens is 411 g/mol. The van der Waals surface area contributed by atoms with Crippen LogP contribution < -0.4 is 0 Å². The zero-order valence-corrected chi connectivity index (χ0v) is 17.4. The Morgan fingerprint density at radius 2 is 1.52 bits per heavy atom. The van der Waals surface area contributed by atoms with E-state index in [4.69, 9.17) is 9.84 Å². The minimum Gasteiger partial charge on any atom is -0.478 e. The Labute approximate surface area is 178 Å². The van der Waals surface area contributed by atoms with Gasteiger partial charge in [0.25, 0.3) is 0 Å². The van der Waals surface area contributed by atoms with Crippen molar-refractivity contribution in [3.05, 3.63) is 70.8 Å². The number of carboxylic acid groups (broad SMARTS) is 1. The number of ether oxygens (including phenoxy) is 1. The van der Waals surface area contributed by atoms with Crippen LogP contribution in [-0.2, 0) is 10.9 Å². The molecule has 2 unspecified atom stereocenters. The first-order valence-electron chi connectivity index (χ1n) is 9.85. The van der Waals surface area contributed by atoms with Crippen molar-refractivity contribution in [3.8, 4) is 0 Å². The van der Waals surface area contributed by atoms with Crippen LogP contribution in [0.25, 0.3) is 0 Å². The van der Waals surface area contributed by atoms with Gasteiger partial charge in [-0.2, -0.15) is 13.2 Å². The number of hydrogen-bond acceptors (Lipinski definition) is 3. The van der Waals surface area contributed by atoms with Crippen molar-refractivity contribution in [1.82, 2.24) is 4.90 Å². The largest absolute Gasteiger partial charge is 0.478 e. The van der Waals surface area contributed by atoms with Crippen molar-refractivity contribution in [2.45, 2.75) is 50.9 Å². The van der Waals surface area contributed by atoms with Crippen molar-refractivity contribution < 1.29 is 32.6 Å². The quantitative estimate of drug-likeness (QED) is 0.655. The summed E-state index contributed by atoms with van der Waals surface area (Å²) in [6, 6.07) is 10.8. The van der Waals surface area contributed by atoms with Crippen LogP contribution in [0.3, 0.4) is 0 Å². The maximum absolute atomic E-state index is 12.9. The molecule has 31 heavy (non-hydrogen) atoms. The molecule has 1 aliphatic heterocycles. The second-order valence-corrected chi connectivity index (χ2v) is 8.63. The number of likely N-dealkylation sites (tertiary alicyclic amines) is 1. The number of rotatable bonds is 3. The van der Waals surface area contributed by atoms with Gasteiger partial charge < -0.3 is 14.7 Å². The van der Waals surface area contributed by atoms with E-state index in [2.05, 4.69) is 0 Å². The number of alkyl halides is 3. The van der Waals surface area contributed by atoms with Crippen LogP contribution in [0.4, 0.5) is 18.0 Å². The van der Waals surface area contributed by atoms with E-state index in [0.29, 0.717) is 12.0 Å². The normalized spacial score (nSPS) is 19.4. The Morgan fingerprint density at radius 3 is 2.00 bits per heavy atom. The molecule has 0 aromatic heterocycles. The SMILES string of the molecule is CC(C)(C)OC(=O)N1CC(c2ccc(C(F)(F)F)cc2)CC1c1ccc(C(=O)O)cc1. The molecule has 1 amide bonds. The van der Waals surface area contributed by atoms with E-state index in [9.17, 15) is 22.8 Å². The highest BCUT2D eigenvalue weighted by Crippen LogP contribution is 2.42. The smallest absolute Gasteiger partial charge is 0.416 e. The molecular formula is C23H24F3NO4. The van der Waals surface area contributed by atoms with Crippen molar-refractivity contribution in [2.75, 3.05) is 6.54 Å². The lowest BCUT2D eigenvalue weighted by atomic mass is 9.93. The molecule has 0 aliphatic carbocycles. The molecule has 1 saturated heterocycles. The zero-order valence-electron chi connectivity index (χ0n) is 17.4. The fourth-order valence-electron chi connectivity index (χ4n) is 3.71. The standard InChI is InChI=1S/C23H24F3NO4/c1-22(2,3)31-21(30)27-13-17(14-8-10-18(11-9-14)23(24,25)26)12-19(27)15-4-6-16(7-5-15)20(28)29/h4-11,17,19H,12-13H2,1-3H3,(H,28,29). The number of hydrogen-bond donors (Lipinski definition) is 1. The van der Waals surface area contributed by atoms with Gasteiger partial charge in [0.15, 0.2) is 0 Å². The molecule has 3 rings (SSSR count). The number of carbonyl (C=O) groups is 2. The minimum atomic E-state index is -4.41. The molecule has 0 bridgehead atoms. The first-order valence-corrected chi connectivity index (χ1v) is 9.85. The number of amides is 1. The van der Waals surface area contributed by atoms with Gasteiger partial charge in [0.05, 0.1) is 17.2 Å². The first-order chi connectivity index (χ1) is 14.3. The summed E-state index contributed by atoms with van der Waals surface area (Å²) < 4.78 is 44.2. The molecule has 2 aromatic carbocycles. The molecule has 2 aromatic rings. The Kier molecular flexibility index (Phi) is 6.02. The summed E-state index contributed by atoms with van der Waals surface area (Å²) in [5.41, 5.74) is 0.140. The van der Waals surface area contributed by atoms with E-state index in [1.807, 2.05) is 0 Å². The Morgan fingerprint density at radius 1 is 0.968 bits per heavy atom. The predicted octanol–water partition coefficient (Wildman–Crippen LogP) is 5.87. The van der Waals surface area contributed by atoms with Crippen molar-refractivity contribution in [1.29, 1.82) is 0 Å². The molecule has 1 heterocycles. The zero-order chi connectivity index (χ0) is 23.0. The third-order valence-corrected chi connectivity index (χ3v) is 5.18. The molecule has 1 N–H and O–H groups in total. The Hall–Kier alpha value is -3.03. The summed E-state index contributed by atoms with van der Waals surface area (Å²) in [5.74, 6) is -1.23. The average Bonchev–Trinajstić information content (AvgIpc) is 3.12. The van der Waals surface area contributed by atoms with E-state index in [1.165, 1.54) is 24.3 Å². The van der Waals surface area contributed by atoms with Crippen molar-refractivity contribution in [2.24, 2.45) is 0 Å². The highest BCUT2D eigenvalue weighted by atomic mass is 19.4. The molecule has 166 valence electrons. The number of nitrogens with zero attached hydrogens (tertiary/aromatic N) is 1. The highest BCUT2D eigenvalue weighted by molar-refractivity contribution is 5.87. The monoisotopic (exact) mass is 435 g/mol. The number of benzene rings is 2. The number of carboxylic acids is 1. The van der Waals surface area contributed by atoms with Gasteiger partial charge in [0, 0.05) is 12.5 Å². The van der Waals surface area contributed by atoms with Gasteiger partial charge >= 0.3 is 18.2 Å². The second kappa shape index (κ2) is 8.24. The molecule has 0 saturated carbocycles. The summed E-state index contributed by atoms with van der Waals surface area (Å²) in [6.07, 6.45) is -4.45.